The van der Waals surface area contributed by atoms with Gasteiger partial charge in [-0.15, -0.1) is 0 Å². The third kappa shape index (κ3) is 2.75. The molecule has 0 aromatic heterocycles. The van der Waals surface area contributed by atoms with Crippen molar-refractivity contribution < 1.29 is 0 Å². The molecule has 106 valence electrons. The standard InChI is InChI=1S/C16H32N2/c1-5-18(13-9-6-7-10-13)14-11-8-12-16(2,3)15(14)17-4/h13-15,17H,5-12H2,1-4H3. The van der Waals surface area contributed by atoms with Gasteiger partial charge >= 0.3 is 0 Å². The highest BCUT2D eigenvalue weighted by Gasteiger charge is 2.42. The lowest BCUT2D eigenvalue weighted by Crippen LogP contribution is -2.59. The Balaban J connectivity index is 2.12. The van der Waals surface area contributed by atoms with E-state index in [0.717, 1.165) is 12.1 Å². The van der Waals surface area contributed by atoms with Crippen molar-refractivity contribution in [1.82, 2.24) is 10.2 Å². The first-order valence-electron chi connectivity index (χ1n) is 8.03. The zero-order valence-corrected chi connectivity index (χ0v) is 12.8. The van der Waals surface area contributed by atoms with E-state index in [-0.39, 0.29) is 0 Å². The number of nitrogens with one attached hydrogen (secondary N) is 1. The molecular weight excluding hydrogens is 220 g/mol. The Morgan fingerprint density at radius 3 is 2.33 bits per heavy atom. The molecule has 0 aromatic carbocycles. The van der Waals surface area contributed by atoms with E-state index in [1.165, 1.54) is 51.5 Å². The van der Waals surface area contributed by atoms with Crippen LogP contribution in [0.1, 0.15) is 65.7 Å². The van der Waals surface area contributed by atoms with Crippen LogP contribution in [0.25, 0.3) is 0 Å². The molecule has 18 heavy (non-hydrogen) atoms. The lowest BCUT2D eigenvalue weighted by Gasteiger charge is -2.50. The minimum absolute atomic E-state index is 0.448. The fraction of sp³-hybridized carbons (Fsp3) is 1.00. The van der Waals surface area contributed by atoms with Crippen molar-refractivity contribution in [3.63, 3.8) is 0 Å². The van der Waals surface area contributed by atoms with Crippen LogP contribution < -0.4 is 5.32 Å². The van der Waals surface area contributed by atoms with Crippen molar-refractivity contribution in [2.24, 2.45) is 5.41 Å². The molecule has 0 aromatic rings. The zero-order valence-electron chi connectivity index (χ0n) is 12.8. The maximum atomic E-state index is 3.64. The van der Waals surface area contributed by atoms with E-state index in [4.69, 9.17) is 0 Å². The molecule has 0 spiro atoms. The Labute approximate surface area is 114 Å². The third-order valence-electron chi connectivity index (χ3n) is 5.44. The molecule has 2 aliphatic carbocycles. The molecule has 2 unspecified atom stereocenters. The van der Waals surface area contributed by atoms with Crippen LogP contribution in [0.4, 0.5) is 0 Å². The van der Waals surface area contributed by atoms with Crippen LogP contribution in [0.15, 0.2) is 0 Å². The van der Waals surface area contributed by atoms with E-state index in [9.17, 15) is 0 Å². The van der Waals surface area contributed by atoms with E-state index >= 15 is 0 Å². The maximum absolute atomic E-state index is 3.64. The van der Waals surface area contributed by atoms with Crippen LogP contribution >= 0.6 is 0 Å². The number of likely N-dealkylation sites (N-methyl/N-ethyl adjacent to an activating group) is 2. The first kappa shape index (κ1) is 14.3. The smallest absolute Gasteiger partial charge is 0.0271 e. The van der Waals surface area contributed by atoms with Crippen LogP contribution in [-0.4, -0.2) is 36.6 Å². The van der Waals surface area contributed by atoms with Gasteiger partial charge in [-0.1, -0.05) is 40.0 Å². The van der Waals surface area contributed by atoms with E-state index < -0.39 is 0 Å². The molecule has 2 rings (SSSR count). The highest BCUT2D eigenvalue weighted by atomic mass is 15.2. The second-order valence-electron chi connectivity index (χ2n) is 6.98. The fourth-order valence-corrected chi connectivity index (χ4v) is 4.55. The monoisotopic (exact) mass is 252 g/mol. The Hall–Kier alpha value is -0.0800. The zero-order chi connectivity index (χ0) is 13.2. The van der Waals surface area contributed by atoms with Crippen molar-refractivity contribution in [3.8, 4) is 0 Å². The van der Waals surface area contributed by atoms with E-state index in [0.29, 0.717) is 11.5 Å². The normalized spacial score (nSPS) is 33.2. The van der Waals surface area contributed by atoms with Gasteiger partial charge in [0, 0.05) is 18.1 Å². The van der Waals surface area contributed by atoms with Gasteiger partial charge in [0.2, 0.25) is 0 Å². The van der Waals surface area contributed by atoms with Gasteiger partial charge in [0.25, 0.3) is 0 Å². The molecule has 0 aliphatic heterocycles. The topological polar surface area (TPSA) is 15.3 Å². The largest absolute Gasteiger partial charge is 0.315 e. The predicted octanol–water partition coefficient (Wildman–Crippen LogP) is 3.42. The van der Waals surface area contributed by atoms with Crippen LogP contribution in [0.3, 0.4) is 0 Å². The van der Waals surface area contributed by atoms with Crippen molar-refractivity contribution in [3.05, 3.63) is 0 Å². The Bertz CT molecular complexity index is 256. The summed E-state index contributed by atoms with van der Waals surface area (Å²) in [6.45, 7) is 8.47. The second-order valence-corrected chi connectivity index (χ2v) is 6.98. The summed E-state index contributed by atoms with van der Waals surface area (Å²) in [5, 5.41) is 3.64. The summed E-state index contributed by atoms with van der Waals surface area (Å²) in [4.78, 5) is 2.83. The summed E-state index contributed by atoms with van der Waals surface area (Å²) in [6.07, 6.45) is 9.92. The van der Waals surface area contributed by atoms with Crippen molar-refractivity contribution in [1.29, 1.82) is 0 Å². The average Bonchev–Trinajstić information content (AvgIpc) is 2.83. The van der Waals surface area contributed by atoms with Crippen LogP contribution in [0, 0.1) is 5.41 Å². The molecule has 0 heterocycles. The predicted molar refractivity (Wildman–Crippen MR) is 78.9 cm³/mol. The summed E-state index contributed by atoms with van der Waals surface area (Å²) in [5.74, 6) is 0. The highest BCUT2D eigenvalue weighted by molar-refractivity contribution is 4.99. The number of rotatable bonds is 4. The SMILES string of the molecule is CCN(C1CCCC1)C1CCCC(C)(C)C1NC. The fourth-order valence-electron chi connectivity index (χ4n) is 4.55. The molecular formula is C16H32N2. The minimum atomic E-state index is 0.448. The van der Waals surface area contributed by atoms with Crippen LogP contribution in [0.2, 0.25) is 0 Å². The molecule has 1 N–H and O–H groups in total. The molecule has 2 heteroatoms. The first-order chi connectivity index (χ1) is 8.60. The third-order valence-corrected chi connectivity index (χ3v) is 5.44. The lowest BCUT2D eigenvalue weighted by atomic mass is 9.70. The number of hydrogen-bond acceptors (Lipinski definition) is 2. The number of hydrogen-bond donors (Lipinski definition) is 1. The quantitative estimate of drug-likeness (QED) is 0.825. The highest BCUT2D eigenvalue weighted by Crippen LogP contribution is 2.39. The molecule has 0 saturated heterocycles. The van der Waals surface area contributed by atoms with Gasteiger partial charge in [-0.2, -0.15) is 0 Å². The van der Waals surface area contributed by atoms with Crippen LogP contribution in [-0.2, 0) is 0 Å². The van der Waals surface area contributed by atoms with Gasteiger partial charge < -0.3 is 5.32 Å². The van der Waals surface area contributed by atoms with Gasteiger partial charge in [0.05, 0.1) is 0 Å². The Morgan fingerprint density at radius 1 is 1.11 bits per heavy atom. The van der Waals surface area contributed by atoms with Gasteiger partial charge in [-0.25, -0.2) is 0 Å². The summed E-state index contributed by atoms with van der Waals surface area (Å²) in [6, 6.07) is 2.28. The average molecular weight is 252 g/mol. The lowest BCUT2D eigenvalue weighted by molar-refractivity contribution is 0.0306. The Kier molecular flexibility index (Phi) is 4.71. The minimum Gasteiger partial charge on any atom is -0.315 e. The van der Waals surface area contributed by atoms with Gasteiger partial charge in [0.1, 0.15) is 0 Å². The summed E-state index contributed by atoms with van der Waals surface area (Å²) in [7, 11) is 2.16. The molecule has 0 bridgehead atoms. The summed E-state index contributed by atoms with van der Waals surface area (Å²) < 4.78 is 0. The molecule has 2 fully saturated rings. The van der Waals surface area contributed by atoms with E-state index in [1.807, 2.05) is 0 Å². The van der Waals surface area contributed by atoms with Gasteiger partial charge in [-0.05, 0) is 44.7 Å². The summed E-state index contributed by atoms with van der Waals surface area (Å²) in [5.41, 5.74) is 0.448. The van der Waals surface area contributed by atoms with Gasteiger partial charge in [-0.3, -0.25) is 4.90 Å². The van der Waals surface area contributed by atoms with E-state index in [1.54, 1.807) is 0 Å². The van der Waals surface area contributed by atoms with Crippen LogP contribution in [0.5, 0.6) is 0 Å². The molecule has 2 nitrogen and oxygen atoms in total. The molecule has 2 saturated carbocycles. The Morgan fingerprint density at radius 2 is 1.78 bits per heavy atom. The maximum Gasteiger partial charge on any atom is 0.0271 e. The second kappa shape index (κ2) is 5.92. The van der Waals surface area contributed by atoms with E-state index in [2.05, 4.69) is 38.0 Å². The molecule has 0 radical (unpaired) electrons. The molecule has 2 atom stereocenters. The summed E-state index contributed by atoms with van der Waals surface area (Å²) >= 11 is 0. The number of nitrogens with zero attached hydrogens (tertiary/aromatic N) is 1. The van der Waals surface area contributed by atoms with Crippen molar-refractivity contribution >= 4 is 0 Å². The molecule has 2 aliphatic rings. The van der Waals surface area contributed by atoms with Crippen molar-refractivity contribution in [2.45, 2.75) is 83.8 Å². The van der Waals surface area contributed by atoms with Gasteiger partial charge in [0.15, 0.2) is 0 Å². The van der Waals surface area contributed by atoms with Crippen molar-refractivity contribution in [2.75, 3.05) is 13.6 Å². The first-order valence-corrected chi connectivity index (χ1v) is 8.03. The molecule has 0 amide bonds.